The van der Waals surface area contributed by atoms with Crippen LogP contribution in [-0.2, 0) is 22.6 Å². The van der Waals surface area contributed by atoms with Crippen molar-refractivity contribution in [2.24, 2.45) is 0 Å². The van der Waals surface area contributed by atoms with Crippen molar-refractivity contribution in [1.29, 1.82) is 0 Å². The largest absolute Gasteiger partial charge is 0.462 e. The molecular weight excluding hydrogens is 240 g/mol. The SMILES string of the molecule is C=C(C)C(=O)OCCCCCC[n+]1ccn(CC)c1. The monoisotopic (exact) mass is 265 g/mol. The lowest BCUT2D eigenvalue weighted by Crippen LogP contribution is -2.30. The highest BCUT2D eigenvalue weighted by Gasteiger charge is 2.03. The van der Waals surface area contributed by atoms with Gasteiger partial charge < -0.3 is 4.74 Å². The molecule has 1 aromatic heterocycles. The van der Waals surface area contributed by atoms with E-state index in [4.69, 9.17) is 4.74 Å². The Hall–Kier alpha value is -1.58. The van der Waals surface area contributed by atoms with Crippen molar-refractivity contribution in [1.82, 2.24) is 4.57 Å². The predicted molar refractivity (Wildman–Crippen MR) is 74.5 cm³/mol. The number of nitrogens with zero attached hydrogens (tertiary/aromatic N) is 2. The summed E-state index contributed by atoms with van der Waals surface area (Å²) in [6.45, 7) is 9.92. The van der Waals surface area contributed by atoms with Gasteiger partial charge in [0.25, 0.3) is 0 Å². The van der Waals surface area contributed by atoms with Crippen LogP contribution in [0, 0.1) is 0 Å². The summed E-state index contributed by atoms with van der Waals surface area (Å²) < 4.78 is 9.42. The summed E-state index contributed by atoms with van der Waals surface area (Å²) in [5.41, 5.74) is 0.469. The highest BCUT2D eigenvalue weighted by atomic mass is 16.5. The van der Waals surface area contributed by atoms with Gasteiger partial charge in [0.1, 0.15) is 12.4 Å². The van der Waals surface area contributed by atoms with E-state index in [0.29, 0.717) is 12.2 Å². The molecule has 4 heteroatoms. The van der Waals surface area contributed by atoms with E-state index in [9.17, 15) is 4.79 Å². The minimum absolute atomic E-state index is 0.281. The maximum absolute atomic E-state index is 11.1. The fourth-order valence-electron chi connectivity index (χ4n) is 1.80. The topological polar surface area (TPSA) is 35.1 Å². The summed E-state index contributed by atoms with van der Waals surface area (Å²) in [5, 5.41) is 0. The average molecular weight is 265 g/mol. The molecule has 0 unspecified atom stereocenters. The number of carbonyl (C=O) groups excluding carboxylic acids is 1. The van der Waals surface area contributed by atoms with E-state index >= 15 is 0 Å². The Balaban J connectivity index is 1.99. The van der Waals surface area contributed by atoms with Gasteiger partial charge in [-0.1, -0.05) is 6.58 Å². The van der Waals surface area contributed by atoms with E-state index in [1.54, 1.807) is 6.92 Å². The fourth-order valence-corrected chi connectivity index (χ4v) is 1.80. The number of imidazole rings is 1. The molecule has 0 radical (unpaired) electrons. The number of esters is 1. The van der Waals surface area contributed by atoms with Gasteiger partial charge in [0.05, 0.1) is 19.7 Å². The van der Waals surface area contributed by atoms with Crippen LogP contribution in [0.15, 0.2) is 30.9 Å². The summed E-state index contributed by atoms with van der Waals surface area (Å²) in [4.78, 5) is 11.1. The first-order valence-electron chi connectivity index (χ1n) is 7.01. The second kappa shape index (κ2) is 8.51. The first-order chi connectivity index (χ1) is 9.13. The van der Waals surface area contributed by atoms with Crippen LogP contribution in [-0.4, -0.2) is 17.1 Å². The van der Waals surface area contributed by atoms with E-state index in [2.05, 4.69) is 41.4 Å². The van der Waals surface area contributed by atoms with Crippen LogP contribution in [0.4, 0.5) is 0 Å². The second-order valence-electron chi connectivity index (χ2n) is 4.81. The lowest BCUT2D eigenvalue weighted by Gasteiger charge is -2.03. The zero-order valence-electron chi connectivity index (χ0n) is 12.1. The first kappa shape index (κ1) is 15.5. The molecule has 0 aliphatic heterocycles. The van der Waals surface area contributed by atoms with Crippen molar-refractivity contribution in [3.63, 3.8) is 0 Å². The van der Waals surface area contributed by atoms with Gasteiger partial charge in [-0.25, -0.2) is 13.9 Å². The number of hydrogen-bond acceptors (Lipinski definition) is 2. The molecule has 1 rings (SSSR count). The van der Waals surface area contributed by atoms with Gasteiger partial charge in [-0.05, 0) is 39.5 Å². The van der Waals surface area contributed by atoms with Crippen molar-refractivity contribution in [2.75, 3.05) is 6.61 Å². The Bertz CT molecular complexity index is 410. The lowest BCUT2D eigenvalue weighted by atomic mass is 10.2. The van der Waals surface area contributed by atoms with Crippen molar-refractivity contribution < 1.29 is 14.1 Å². The molecule has 1 aromatic rings. The molecule has 0 N–H and O–H groups in total. The average Bonchev–Trinajstić information content (AvgIpc) is 2.85. The second-order valence-corrected chi connectivity index (χ2v) is 4.81. The Morgan fingerprint density at radius 2 is 2.05 bits per heavy atom. The van der Waals surface area contributed by atoms with E-state index in [-0.39, 0.29) is 5.97 Å². The fraction of sp³-hybridized carbons (Fsp3) is 0.600. The van der Waals surface area contributed by atoms with Gasteiger partial charge >= 0.3 is 5.97 Å². The molecule has 1 heterocycles. The number of aromatic nitrogens is 2. The van der Waals surface area contributed by atoms with Crippen molar-refractivity contribution >= 4 is 5.97 Å². The molecule has 0 spiro atoms. The van der Waals surface area contributed by atoms with Crippen LogP contribution in [0.2, 0.25) is 0 Å². The van der Waals surface area contributed by atoms with Crippen LogP contribution < -0.4 is 4.57 Å². The number of rotatable bonds is 9. The molecule has 0 fully saturated rings. The minimum atomic E-state index is -0.281. The molecule has 0 bridgehead atoms. The molecule has 0 atom stereocenters. The third kappa shape index (κ3) is 6.22. The zero-order valence-corrected chi connectivity index (χ0v) is 12.1. The molecule has 106 valence electrons. The van der Waals surface area contributed by atoms with E-state index in [0.717, 1.165) is 38.8 Å². The van der Waals surface area contributed by atoms with Crippen LogP contribution in [0.1, 0.15) is 39.5 Å². The molecule has 0 amide bonds. The van der Waals surface area contributed by atoms with Gasteiger partial charge in [-0.2, -0.15) is 0 Å². The lowest BCUT2D eigenvalue weighted by molar-refractivity contribution is -0.696. The molecule has 0 aliphatic carbocycles. The van der Waals surface area contributed by atoms with Crippen LogP contribution in [0.5, 0.6) is 0 Å². The number of hydrogen-bond donors (Lipinski definition) is 0. The normalized spacial score (nSPS) is 10.4. The van der Waals surface area contributed by atoms with Gasteiger partial charge in [0.15, 0.2) is 0 Å². The third-order valence-corrected chi connectivity index (χ3v) is 3.00. The van der Waals surface area contributed by atoms with Crippen LogP contribution in [0.3, 0.4) is 0 Å². The molecular formula is C15H25N2O2+. The molecule has 4 nitrogen and oxygen atoms in total. The highest BCUT2D eigenvalue weighted by Crippen LogP contribution is 2.01. The Labute approximate surface area is 115 Å². The van der Waals surface area contributed by atoms with Crippen LogP contribution >= 0.6 is 0 Å². The molecule has 0 saturated carbocycles. The summed E-state index contributed by atoms with van der Waals surface area (Å²) >= 11 is 0. The Morgan fingerprint density at radius 1 is 1.32 bits per heavy atom. The Morgan fingerprint density at radius 3 is 2.68 bits per heavy atom. The highest BCUT2D eigenvalue weighted by molar-refractivity contribution is 5.86. The summed E-state index contributed by atoms with van der Waals surface area (Å²) in [6, 6.07) is 0. The summed E-state index contributed by atoms with van der Waals surface area (Å²) in [7, 11) is 0. The van der Waals surface area contributed by atoms with Crippen molar-refractivity contribution in [3.05, 3.63) is 30.9 Å². The number of carbonyl (C=O) groups is 1. The van der Waals surface area contributed by atoms with Gasteiger partial charge in [-0.15, -0.1) is 0 Å². The third-order valence-electron chi connectivity index (χ3n) is 3.00. The van der Waals surface area contributed by atoms with Crippen molar-refractivity contribution in [2.45, 2.75) is 52.6 Å². The number of aryl methyl sites for hydroxylation is 2. The van der Waals surface area contributed by atoms with E-state index in [1.165, 1.54) is 0 Å². The van der Waals surface area contributed by atoms with Gasteiger partial charge in [0.2, 0.25) is 6.33 Å². The molecule has 0 aromatic carbocycles. The Kier molecular flexibility index (Phi) is 6.93. The number of unbranched alkanes of at least 4 members (excludes halogenated alkanes) is 3. The summed E-state index contributed by atoms with van der Waals surface area (Å²) in [6.07, 6.45) is 10.7. The van der Waals surface area contributed by atoms with Gasteiger partial charge in [0, 0.05) is 5.57 Å². The predicted octanol–water partition coefficient (Wildman–Crippen LogP) is 2.48. The van der Waals surface area contributed by atoms with Gasteiger partial charge in [-0.3, -0.25) is 0 Å². The summed E-state index contributed by atoms with van der Waals surface area (Å²) in [5.74, 6) is -0.281. The molecule has 19 heavy (non-hydrogen) atoms. The van der Waals surface area contributed by atoms with Crippen molar-refractivity contribution in [3.8, 4) is 0 Å². The quantitative estimate of drug-likeness (QED) is 0.297. The molecule has 0 aliphatic rings. The van der Waals surface area contributed by atoms with E-state index in [1.807, 2.05) is 0 Å². The van der Waals surface area contributed by atoms with Crippen LogP contribution in [0.25, 0.3) is 0 Å². The maximum Gasteiger partial charge on any atom is 0.333 e. The van der Waals surface area contributed by atoms with E-state index < -0.39 is 0 Å². The zero-order chi connectivity index (χ0) is 14.1. The standard InChI is InChI=1S/C15H25N2O2/c1-4-16-10-11-17(13-16)9-7-5-6-8-12-19-15(18)14(2)3/h10-11,13H,2,4-9,12H2,1,3H3/q+1. The maximum atomic E-state index is 11.1. The molecule has 0 saturated heterocycles. The first-order valence-corrected chi connectivity index (χ1v) is 7.01. The number of ether oxygens (including phenoxy) is 1. The minimum Gasteiger partial charge on any atom is -0.462 e. The smallest absolute Gasteiger partial charge is 0.333 e.